The fourth-order valence-corrected chi connectivity index (χ4v) is 1.87. The van der Waals surface area contributed by atoms with Gasteiger partial charge in [0.15, 0.2) is 5.78 Å². The Kier molecular flexibility index (Phi) is 3.85. The van der Waals surface area contributed by atoms with Gasteiger partial charge in [-0.1, -0.05) is 29.3 Å². The van der Waals surface area contributed by atoms with Crippen LogP contribution in [0.4, 0.5) is 5.69 Å². The van der Waals surface area contributed by atoms with Crippen molar-refractivity contribution in [1.82, 2.24) is 0 Å². The van der Waals surface area contributed by atoms with E-state index in [4.69, 9.17) is 28.5 Å². The SMILES string of the molecule is N#C/C(=N\Nc1c(Cl)cccc1Cl)C(=O)C1CC1. The van der Waals surface area contributed by atoms with Gasteiger partial charge in [-0.15, -0.1) is 0 Å². The van der Waals surface area contributed by atoms with E-state index in [9.17, 15) is 4.79 Å². The highest BCUT2D eigenvalue weighted by Gasteiger charge is 2.33. The first-order valence-electron chi connectivity index (χ1n) is 5.35. The molecule has 0 atom stereocenters. The van der Waals surface area contributed by atoms with E-state index in [2.05, 4.69) is 10.5 Å². The summed E-state index contributed by atoms with van der Waals surface area (Å²) in [5, 5.41) is 13.4. The number of hydrogen-bond acceptors (Lipinski definition) is 4. The highest BCUT2D eigenvalue weighted by atomic mass is 35.5. The summed E-state index contributed by atoms with van der Waals surface area (Å²) >= 11 is 11.9. The number of anilines is 1. The van der Waals surface area contributed by atoms with E-state index in [0.29, 0.717) is 15.7 Å². The Morgan fingerprint density at radius 3 is 2.50 bits per heavy atom. The molecule has 4 nitrogen and oxygen atoms in total. The predicted molar refractivity (Wildman–Crippen MR) is 70.9 cm³/mol. The standard InChI is InChI=1S/C12H9Cl2N3O/c13-8-2-1-3-9(14)11(8)17-16-10(6-15)12(18)7-4-5-7/h1-3,7,17H,4-5H2/b16-10+. The molecular formula is C12H9Cl2N3O. The van der Waals surface area contributed by atoms with Crippen molar-refractivity contribution >= 4 is 40.4 Å². The molecular weight excluding hydrogens is 273 g/mol. The fraction of sp³-hybridized carbons (Fsp3) is 0.250. The molecule has 0 aliphatic heterocycles. The van der Waals surface area contributed by atoms with Gasteiger partial charge in [0.1, 0.15) is 6.07 Å². The Morgan fingerprint density at radius 1 is 1.39 bits per heavy atom. The van der Waals surface area contributed by atoms with Crippen molar-refractivity contribution in [2.45, 2.75) is 12.8 Å². The molecule has 1 N–H and O–H groups in total. The smallest absolute Gasteiger partial charge is 0.203 e. The van der Waals surface area contributed by atoms with Crippen molar-refractivity contribution in [1.29, 1.82) is 5.26 Å². The molecule has 0 heterocycles. The first-order chi connectivity index (χ1) is 8.63. The van der Waals surface area contributed by atoms with Gasteiger partial charge >= 0.3 is 0 Å². The lowest BCUT2D eigenvalue weighted by Gasteiger charge is -2.05. The summed E-state index contributed by atoms with van der Waals surface area (Å²) in [6.45, 7) is 0. The molecule has 0 bridgehead atoms. The zero-order chi connectivity index (χ0) is 13.1. The number of rotatable bonds is 4. The molecule has 1 fully saturated rings. The minimum absolute atomic E-state index is 0.0492. The van der Waals surface area contributed by atoms with Crippen LogP contribution < -0.4 is 5.43 Å². The van der Waals surface area contributed by atoms with Crippen LogP contribution in [-0.2, 0) is 4.79 Å². The third-order valence-electron chi connectivity index (χ3n) is 2.53. The molecule has 1 saturated carbocycles. The second kappa shape index (κ2) is 5.38. The molecule has 1 aliphatic rings. The van der Waals surface area contributed by atoms with Gasteiger partial charge in [-0.05, 0) is 25.0 Å². The number of para-hydroxylation sites is 1. The predicted octanol–water partition coefficient (Wildman–Crippen LogP) is 3.26. The maximum atomic E-state index is 11.7. The first-order valence-corrected chi connectivity index (χ1v) is 6.11. The summed E-state index contributed by atoms with van der Waals surface area (Å²) in [7, 11) is 0. The molecule has 1 aromatic carbocycles. The van der Waals surface area contributed by atoms with Crippen LogP contribution in [0, 0.1) is 17.2 Å². The van der Waals surface area contributed by atoms with E-state index >= 15 is 0 Å². The average Bonchev–Trinajstić information content (AvgIpc) is 3.16. The number of nitriles is 1. The van der Waals surface area contributed by atoms with Crippen molar-refractivity contribution in [3.8, 4) is 6.07 Å². The van der Waals surface area contributed by atoms with E-state index in [1.54, 1.807) is 24.3 Å². The van der Waals surface area contributed by atoms with Gasteiger partial charge in [0.25, 0.3) is 0 Å². The fourth-order valence-electron chi connectivity index (χ4n) is 1.39. The summed E-state index contributed by atoms with van der Waals surface area (Å²) in [5.41, 5.74) is 2.82. The van der Waals surface area contributed by atoms with Gasteiger partial charge in [-0.2, -0.15) is 10.4 Å². The largest absolute Gasteiger partial charge is 0.291 e. The van der Waals surface area contributed by atoms with Gasteiger partial charge in [0.05, 0.1) is 15.7 Å². The average molecular weight is 282 g/mol. The van der Waals surface area contributed by atoms with E-state index in [1.165, 1.54) is 0 Å². The van der Waals surface area contributed by atoms with Gasteiger partial charge < -0.3 is 0 Å². The quantitative estimate of drug-likeness (QED) is 0.680. The maximum Gasteiger partial charge on any atom is 0.203 e. The summed E-state index contributed by atoms with van der Waals surface area (Å²) in [6, 6.07) is 6.76. The number of benzene rings is 1. The highest BCUT2D eigenvalue weighted by molar-refractivity contribution is 6.47. The Hall–Kier alpha value is -1.57. The van der Waals surface area contributed by atoms with Crippen LogP contribution in [0.25, 0.3) is 0 Å². The Labute approximate surface area is 114 Å². The van der Waals surface area contributed by atoms with Crippen molar-refractivity contribution in [3.05, 3.63) is 28.2 Å². The minimum Gasteiger partial charge on any atom is -0.291 e. The number of nitrogens with one attached hydrogen (secondary N) is 1. The van der Waals surface area contributed by atoms with Gasteiger partial charge in [-0.25, -0.2) is 0 Å². The van der Waals surface area contributed by atoms with Crippen LogP contribution in [0.2, 0.25) is 10.0 Å². The molecule has 1 aromatic rings. The zero-order valence-electron chi connectivity index (χ0n) is 9.28. The molecule has 1 aliphatic carbocycles. The van der Waals surface area contributed by atoms with E-state index in [0.717, 1.165) is 12.8 Å². The summed E-state index contributed by atoms with van der Waals surface area (Å²) < 4.78 is 0. The van der Waals surface area contributed by atoms with Crippen LogP contribution in [-0.4, -0.2) is 11.5 Å². The van der Waals surface area contributed by atoms with Crippen LogP contribution in [0.5, 0.6) is 0 Å². The summed E-state index contributed by atoms with van der Waals surface area (Å²) in [4.78, 5) is 11.7. The summed E-state index contributed by atoms with van der Waals surface area (Å²) in [6.07, 6.45) is 1.65. The second-order valence-corrected chi connectivity index (χ2v) is 4.73. The van der Waals surface area contributed by atoms with E-state index < -0.39 is 0 Å². The Bertz CT molecular complexity index is 539. The van der Waals surface area contributed by atoms with Crippen LogP contribution >= 0.6 is 23.2 Å². The number of hydrogen-bond donors (Lipinski definition) is 1. The van der Waals surface area contributed by atoms with Crippen molar-refractivity contribution in [3.63, 3.8) is 0 Å². The molecule has 0 amide bonds. The number of Topliss-reactive ketones (excluding diaryl/α,β-unsaturated/α-hetero) is 1. The highest BCUT2D eigenvalue weighted by Crippen LogP contribution is 2.31. The molecule has 6 heteroatoms. The van der Waals surface area contributed by atoms with Crippen molar-refractivity contribution < 1.29 is 4.79 Å². The Morgan fingerprint density at radius 2 is 2.00 bits per heavy atom. The number of carbonyl (C=O) groups excluding carboxylic acids is 1. The molecule has 0 unspecified atom stereocenters. The summed E-state index contributed by atoms with van der Waals surface area (Å²) in [5.74, 6) is -0.278. The van der Waals surface area contributed by atoms with Crippen LogP contribution in [0.1, 0.15) is 12.8 Å². The molecule has 0 aromatic heterocycles. The number of ketones is 1. The molecule has 0 spiro atoms. The minimum atomic E-state index is -0.229. The maximum absolute atomic E-state index is 11.7. The normalized spacial score (nSPS) is 15.1. The topological polar surface area (TPSA) is 65.2 Å². The molecule has 0 saturated heterocycles. The third kappa shape index (κ3) is 2.81. The monoisotopic (exact) mass is 281 g/mol. The third-order valence-corrected chi connectivity index (χ3v) is 3.16. The number of hydrazone groups is 1. The first kappa shape index (κ1) is 12.9. The van der Waals surface area contributed by atoms with Crippen molar-refractivity contribution in [2.24, 2.45) is 11.0 Å². The number of halogens is 2. The van der Waals surface area contributed by atoms with Gasteiger partial charge in [0.2, 0.25) is 5.71 Å². The zero-order valence-corrected chi connectivity index (χ0v) is 10.8. The Balaban J connectivity index is 2.18. The molecule has 92 valence electrons. The second-order valence-electron chi connectivity index (χ2n) is 3.92. The molecule has 18 heavy (non-hydrogen) atoms. The van der Waals surface area contributed by atoms with Crippen molar-refractivity contribution in [2.75, 3.05) is 5.43 Å². The van der Waals surface area contributed by atoms with Crippen LogP contribution in [0.15, 0.2) is 23.3 Å². The molecule has 2 rings (SSSR count). The molecule has 0 radical (unpaired) electrons. The van der Waals surface area contributed by atoms with E-state index in [-0.39, 0.29) is 17.4 Å². The van der Waals surface area contributed by atoms with E-state index in [1.807, 2.05) is 0 Å². The number of nitrogens with zero attached hydrogens (tertiary/aromatic N) is 2. The van der Waals surface area contributed by atoms with Crippen LogP contribution in [0.3, 0.4) is 0 Å². The lowest BCUT2D eigenvalue weighted by Crippen LogP contribution is -2.15. The van der Waals surface area contributed by atoms with Gasteiger partial charge in [0, 0.05) is 5.92 Å². The van der Waals surface area contributed by atoms with Gasteiger partial charge in [-0.3, -0.25) is 10.2 Å². The number of carbonyl (C=O) groups is 1. The lowest BCUT2D eigenvalue weighted by atomic mass is 10.2. The lowest BCUT2D eigenvalue weighted by molar-refractivity contribution is -0.113.